The number of carboxylic acid groups (broad SMARTS) is 1. The Morgan fingerprint density at radius 3 is 2.72 bits per heavy atom. The molecule has 4 N–H and O–H groups in total. The molecule has 0 unspecified atom stereocenters. The number of fused-ring (bicyclic) bond motifs is 1. The van der Waals surface area contributed by atoms with Crippen molar-refractivity contribution in [3.05, 3.63) is 30.0 Å². The van der Waals surface area contributed by atoms with Crippen LogP contribution in [0.1, 0.15) is 30.3 Å². The number of aromatic carboxylic acids is 1. The fourth-order valence-corrected chi connectivity index (χ4v) is 2.71. The first kappa shape index (κ1) is 19.0. The van der Waals surface area contributed by atoms with Gasteiger partial charge in [-0.3, -0.25) is 4.79 Å². The number of rotatable bonds is 10. The van der Waals surface area contributed by atoms with Crippen LogP contribution in [0.15, 0.2) is 24.3 Å². The summed E-state index contributed by atoms with van der Waals surface area (Å²) in [5.41, 5.74) is 1.55. The minimum atomic E-state index is -1.000. The molecular formula is C18H26N4O3. The van der Waals surface area contributed by atoms with Crippen molar-refractivity contribution < 1.29 is 14.7 Å². The van der Waals surface area contributed by atoms with Crippen LogP contribution in [0.5, 0.6) is 0 Å². The summed E-state index contributed by atoms with van der Waals surface area (Å²) in [6, 6.07) is 6.89. The summed E-state index contributed by atoms with van der Waals surface area (Å²) in [5, 5.41) is 15.8. The molecule has 2 aromatic rings. The van der Waals surface area contributed by atoms with Crippen LogP contribution in [0, 0.1) is 0 Å². The van der Waals surface area contributed by atoms with Crippen molar-refractivity contribution in [2.45, 2.75) is 19.8 Å². The molecule has 0 radical (unpaired) electrons. The molecule has 136 valence electrons. The van der Waals surface area contributed by atoms with Gasteiger partial charge in [0.1, 0.15) is 5.69 Å². The highest BCUT2D eigenvalue weighted by atomic mass is 16.4. The molecule has 1 aromatic carbocycles. The molecular weight excluding hydrogens is 320 g/mol. The van der Waals surface area contributed by atoms with E-state index in [1.54, 1.807) is 24.3 Å². The normalized spacial score (nSPS) is 11.2. The molecule has 7 heteroatoms. The fraction of sp³-hybridized carbons (Fsp3) is 0.444. The Hall–Kier alpha value is -2.38. The Bertz CT molecular complexity index is 726. The zero-order valence-electron chi connectivity index (χ0n) is 14.8. The van der Waals surface area contributed by atoms with E-state index in [-0.39, 0.29) is 11.6 Å². The van der Waals surface area contributed by atoms with Crippen LogP contribution in [0.2, 0.25) is 0 Å². The molecule has 7 nitrogen and oxygen atoms in total. The van der Waals surface area contributed by atoms with Crippen molar-refractivity contribution in [1.82, 2.24) is 15.2 Å². The molecule has 25 heavy (non-hydrogen) atoms. The van der Waals surface area contributed by atoms with Crippen LogP contribution in [-0.2, 0) is 4.79 Å². The van der Waals surface area contributed by atoms with Gasteiger partial charge in [0.05, 0.1) is 0 Å². The largest absolute Gasteiger partial charge is 0.477 e. The monoisotopic (exact) mass is 346 g/mol. The van der Waals surface area contributed by atoms with E-state index in [9.17, 15) is 9.59 Å². The molecule has 0 aliphatic carbocycles. The molecule has 0 fully saturated rings. The number of anilines is 1. The van der Waals surface area contributed by atoms with E-state index in [1.165, 1.54) is 0 Å². The fourth-order valence-electron chi connectivity index (χ4n) is 2.71. The summed E-state index contributed by atoms with van der Waals surface area (Å²) in [6.45, 7) is 5.90. The van der Waals surface area contributed by atoms with E-state index < -0.39 is 5.97 Å². The lowest BCUT2D eigenvalue weighted by atomic mass is 10.2. The summed E-state index contributed by atoms with van der Waals surface area (Å²) < 4.78 is 0. The van der Waals surface area contributed by atoms with Gasteiger partial charge in [0.25, 0.3) is 0 Å². The van der Waals surface area contributed by atoms with Gasteiger partial charge in [0, 0.05) is 36.1 Å². The third-order valence-corrected chi connectivity index (χ3v) is 4.14. The van der Waals surface area contributed by atoms with Crippen LogP contribution in [0.4, 0.5) is 5.69 Å². The number of nitrogens with zero attached hydrogens (tertiary/aromatic N) is 1. The van der Waals surface area contributed by atoms with Crippen molar-refractivity contribution in [2.75, 3.05) is 38.5 Å². The van der Waals surface area contributed by atoms with Gasteiger partial charge in [-0.25, -0.2) is 4.79 Å². The standard InChI is InChI=1S/C18H26N4O3/c1-3-22(10-8-19-2)9-4-5-17(23)20-14-6-7-15-13(11-14)12-16(21-15)18(24)25/h6-7,11-12,19,21H,3-5,8-10H2,1-2H3,(H,20,23)(H,24,25). The third kappa shape index (κ3) is 5.58. The molecule has 0 saturated heterocycles. The van der Waals surface area contributed by atoms with Gasteiger partial charge in [-0.1, -0.05) is 6.92 Å². The van der Waals surface area contributed by atoms with Gasteiger partial charge < -0.3 is 25.6 Å². The zero-order chi connectivity index (χ0) is 18.2. The quantitative estimate of drug-likeness (QED) is 0.528. The van der Waals surface area contributed by atoms with Crippen molar-refractivity contribution in [3.8, 4) is 0 Å². The second kappa shape index (κ2) is 9.19. The number of benzene rings is 1. The van der Waals surface area contributed by atoms with E-state index in [1.807, 2.05) is 7.05 Å². The second-order valence-corrected chi connectivity index (χ2v) is 5.98. The second-order valence-electron chi connectivity index (χ2n) is 5.98. The number of carbonyl (C=O) groups excluding carboxylic acids is 1. The summed E-state index contributed by atoms with van der Waals surface area (Å²) in [6.07, 6.45) is 1.26. The number of carboxylic acids is 1. The van der Waals surface area contributed by atoms with Crippen LogP contribution in [0.25, 0.3) is 10.9 Å². The van der Waals surface area contributed by atoms with E-state index in [4.69, 9.17) is 5.11 Å². The number of aromatic nitrogens is 1. The summed E-state index contributed by atoms with van der Waals surface area (Å²) >= 11 is 0. The zero-order valence-corrected chi connectivity index (χ0v) is 14.8. The molecule has 0 aliphatic rings. The number of nitrogens with one attached hydrogen (secondary N) is 3. The van der Waals surface area contributed by atoms with E-state index >= 15 is 0 Å². The summed E-state index contributed by atoms with van der Waals surface area (Å²) in [4.78, 5) is 28.2. The van der Waals surface area contributed by atoms with E-state index in [2.05, 4.69) is 27.4 Å². The van der Waals surface area contributed by atoms with Crippen LogP contribution < -0.4 is 10.6 Å². The average molecular weight is 346 g/mol. The third-order valence-electron chi connectivity index (χ3n) is 4.14. The van der Waals surface area contributed by atoms with Gasteiger partial charge in [-0.15, -0.1) is 0 Å². The lowest BCUT2D eigenvalue weighted by molar-refractivity contribution is -0.116. The molecule has 1 amide bonds. The molecule has 1 heterocycles. The first-order valence-corrected chi connectivity index (χ1v) is 8.56. The summed E-state index contributed by atoms with van der Waals surface area (Å²) in [5.74, 6) is -1.03. The number of aromatic amines is 1. The summed E-state index contributed by atoms with van der Waals surface area (Å²) in [7, 11) is 1.93. The number of hydrogen-bond acceptors (Lipinski definition) is 4. The molecule has 0 saturated carbocycles. The molecule has 0 aliphatic heterocycles. The average Bonchev–Trinajstić information content (AvgIpc) is 3.01. The lowest BCUT2D eigenvalue weighted by Crippen LogP contribution is -2.32. The predicted molar refractivity (Wildman–Crippen MR) is 99.2 cm³/mol. The Kier molecular flexibility index (Phi) is 6.97. The number of likely N-dealkylation sites (N-methyl/N-ethyl adjacent to an activating group) is 2. The van der Waals surface area contributed by atoms with E-state index in [0.29, 0.717) is 12.1 Å². The SMILES string of the molecule is CCN(CCCC(=O)Nc1ccc2[nH]c(C(=O)O)cc2c1)CCNC. The molecule has 2 rings (SSSR count). The lowest BCUT2D eigenvalue weighted by Gasteiger charge is -2.19. The smallest absolute Gasteiger partial charge is 0.352 e. The number of hydrogen-bond donors (Lipinski definition) is 4. The van der Waals surface area contributed by atoms with Gasteiger partial charge in [-0.05, 0) is 50.8 Å². The number of carbonyl (C=O) groups is 2. The maximum absolute atomic E-state index is 12.1. The maximum Gasteiger partial charge on any atom is 0.352 e. The van der Waals surface area contributed by atoms with Crippen LogP contribution >= 0.6 is 0 Å². The maximum atomic E-state index is 12.1. The minimum absolute atomic E-state index is 0.0296. The number of H-pyrrole nitrogens is 1. The van der Waals surface area contributed by atoms with Gasteiger partial charge >= 0.3 is 5.97 Å². The minimum Gasteiger partial charge on any atom is -0.477 e. The first-order valence-electron chi connectivity index (χ1n) is 8.56. The van der Waals surface area contributed by atoms with E-state index in [0.717, 1.165) is 43.5 Å². The van der Waals surface area contributed by atoms with Crippen molar-refractivity contribution >= 4 is 28.5 Å². The molecule has 0 atom stereocenters. The molecule has 0 spiro atoms. The number of amides is 1. The van der Waals surface area contributed by atoms with Crippen LogP contribution in [-0.4, -0.2) is 60.1 Å². The Balaban J connectivity index is 1.85. The van der Waals surface area contributed by atoms with Crippen molar-refractivity contribution in [1.29, 1.82) is 0 Å². The Morgan fingerprint density at radius 2 is 2.04 bits per heavy atom. The van der Waals surface area contributed by atoms with Crippen molar-refractivity contribution in [3.63, 3.8) is 0 Å². The Morgan fingerprint density at radius 1 is 1.24 bits per heavy atom. The predicted octanol–water partition coefficient (Wildman–Crippen LogP) is 2.13. The van der Waals surface area contributed by atoms with Crippen molar-refractivity contribution in [2.24, 2.45) is 0 Å². The highest BCUT2D eigenvalue weighted by molar-refractivity contribution is 5.97. The van der Waals surface area contributed by atoms with Gasteiger partial charge in [-0.2, -0.15) is 0 Å². The first-order chi connectivity index (χ1) is 12.0. The Labute approximate surface area is 147 Å². The topological polar surface area (TPSA) is 97.5 Å². The van der Waals surface area contributed by atoms with Gasteiger partial charge in [0.2, 0.25) is 5.91 Å². The highest BCUT2D eigenvalue weighted by Gasteiger charge is 2.09. The molecule has 1 aromatic heterocycles. The van der Waals surface area contributed by atoms with Gasteiger partial charge in [0.15, 0.2) is 0 Å². The highest BCUT2D eigenvalue weighted by Crippen LogP contribution is 2.20. The van der Waals surface area contributed by atoms with Crippen LogP contribution in [0.3, 0.4) is 0 Å². The molecule has 0 bridgehead atoms.